The van der Waals surface area contributed by atoms with Gasteiger partial charge in [0.25, 0.3) is 0 Å². The molecule has 1 atom stereocenters. The quantitative estimate of drug-likeness (QED) is 0.860. The van der Waals surface area contributed by atoms with Crippen molar-refractivity contribution in [3.05, 3.63) is 29.3 Å². The van der Waals surface area contributed by atoms with Crippen molar-refractivity contribution in [3.63, 3.8) is 0 Å². The highest BCUT2D eigenvalue weighted by Crippen LogP contribution is 2.21. The maximum Gasteiger partial charge on any atom is 0.139 e. The molecule has 0 spiro atoms. The highest BCUT2D eigenvalue weighted by molar-refractivity contribution is 5.20. The Morgan fingerprint density at radius 1 is 1.33 bits per heavy atom. The van der Waals surface area contributed by atoms with Crippen LogP contribution in [-0.4, -0.2) is 29.9 Å². The summed E-state index contributed by atoms with van der Waals surface area (Å²) < 4.78 is 3.45. The smallest absolute Gasteiger partial charge is 0.139 e. The SMILES string of the molecule is CCCn1nncc1C(O)c1cc(CC)nn1C. The molecule has 2 heterocycles. The summed E-state index contributed by atoms with van der Waals surface area (Å²) in [5, 5.41) is 22.6. The van der Waals surface area contributed by atoms with E-state index in [1.165, 1.54) is 0 Å². The molecular weight excluding hydrogens is 230 g/mol. The van der Waals surface area contributed by atoms with Gasteiger partial charge in [-0.1, -0.05) is 19.1 Å². The molecule has 6 heteroatoms. The molecule has 2 aromatic rings. The lowest BCUT2D eigenvalue weighted by molar-refractivity contribution is 0.197. The van der Waals surface area contributed by atoms with Crippen LogP contribution in [0.4, 0.5) is 0 Å². The van der Waals surface area contributed by atoms with E-state index in [1.807, 2.05) is 20.0 Å². The van der Waals surface area contributed by atoms with Crippen molar-refractivity contribution < 1.29 is 5.11 Å². The Morgan fingerprint density at radius 2 is 2.11 bits per heavy atom. The largest absolute Gasteiger partial charge is 0.380 e. The van der Waals surface area contributed by atoms with E-state index in [1.54, 1.807) is 15.6 Å². The first kappa shape index (κ1) is 12.8. The predicted octanol–water partition coefficient (Wildman–Crippen LogP) is 1.07. The number of aryl methyl sites for hydroxylation is 3. The molecule has 2 aromatic heterocycles. The second-order valence-electron chi connectivity index (χ2n) is 4.32. The molecule has 0 aliphatic rings. The van der Waals surface area contributed by atoms with Gasteiger partial charge in [0.1, 0.15) is 6.10 Å². The molecule has 1 N–H and O–H groups in total. The van der Waals surface area contributed by atoms with Crippen LogP contribution in [0.25, 0.3) is 0 Å². The van der Waals surface area contributed by atoms with Crippen LogP contribution in [0, 0.1) is 0 Å². The van der Waals surface area contributed by atoms with E-state index >= 15 is 0 Å². The maximum atomic E-state index is 10.4. The number of hydrogen-bond acceptors (Lipinski definition) is 4. The van der Waals surface area contributed by atoms with Gasteiger partial charge in [-0.15, -0.1) is 5.10 Å². The fraction of sp³-hybridized carbons (Fsp3) is 0.583. The van der Waals surface area contributed by atoms with Crippen LogP contribution in [-0.2, 0) is 20.0 Å². The van der Waals surface area contributed by atoms with Crippen molar-refractivity contribution in [2.45, 2.75) is 39.3 Å². The fourth-order valence-corrected chi connectivity index (χ4v) is 1.99. The lowest BCUT2D eigenvalue weighted by atomic mass is 10.1. The van der Waals surface area contributed by atoms with Gasteiger partial charge in [-0.3, -0.25) is 4.68 Å². The summed E-state index contributed by atoms with van der Waals surface area (Å²) in [5.74, 6) is 0. The summed E-state index contributed by atoms with van der Waals surface area (Å²) in [4.78, 5) is 0. The third-order valence-corrected chi connectivity index (χ3v) is 2.97. The van der Waals surface area contributed by atoms with Crippen LogP contribution in [0.5, 0.6) is 0 Å². The first-order chi connectivity index (χ1) is 8.67. The molecule has 0 aromatic carbocycles. The second-order valence-corrected chi connectivity index (χ2v) is 4.32. The molecule has 0 radical (unpaired) electrons. The van der Waals surface area contributed by atoms with Gasteiger partial charge in [0.2, 0.25) is 0 Å². The monoisotopic (exact) mass is 249 g/mol. The average molecular weight is 249 g/mol. The van der Waals surface area contributed by atoms with E-state index in [0.717, 1.165) is 30.8 Å². The van der Waals surface area contributed by atoms with Crippen molar-refractivity contribution in [1.29, 1.82) is 0 Å². The molecule has 0 saturated carbocycles. The standard InChI is InChI=1S/C12H19N5O/c1-4-6-17-11(8-13-15-17)12(18)10-7-9(5-2)14-16(10)3/h7-8,12,18H,4-6H2,1-3H3. The van der Waals surface area contributed by atoms with Gasteiger partial charge in [0, 0.05) is 13.6 Å². The van der Waals surface area contributed by atoms with Gasteiger partial charge in [-0.05, 0) is 18.9 Å². The summed E-state index contributed by atoms with van der Waals surface area (Å²) >= 11 is 0. The zero-order valence-electron chi connectivity index (χ0n) is 11.0. The third kappa shape index (κ3) is 2.28. The molecular formula is C12H19N5O. The lowest BCUT2D eigenvalue weighted by Gasteiger charge is -2.11. The zero-order valence-corrected chi connectivity index (χ0v) is 11.0. The Kier molecular flexibility index (Phi) is 3.76. The highest BCUT2D eigenvalue weighted by atomic mass is 16.3. The van der Waals surface area contributed by atoms with Crippen LogP contribution in [0.1, 0.15) is 43.5 Å². The minimum Gasteiger partial charge on any atom is -0.380 e. The van der Waals surface area contributed by atoms with Gasteiger partial charge in [0.05, 0.1) is 23.3 Å². The van der Waals surface area contributed by atoms with Crippen LogP contribution in [0.3, 0.4) is 0 Å². The summed E-state index contributed by atoms with van der Waals surface area (Å²) in [6.45, 7) is 4.86. The van der Waals surface area contributed by atoms with Crippen molar-refractivity contribution in [1.82, 2.24) is 24.8 Å². The molecule has 98 valence electrons. The lowest BCUT2D eigenvalue weighted by Crippen LogP contribution is -2.13. The number of hydrogen-bond donors (Lipinski definition) is 1. The van der Waals surface area contributed by atoms with Gasteiger partial charge < -0.3 is 5.11 Å². The molecule has 18 heavy (non-hydrogen) atoms. The Morgan fingerprint density at radius 3 is 2.72 bits per heavy atom. The Labute approximate surface area is 106 Å². The third-order valence-electron chi connectivity index (χ3n) is 2.97. The van der Waals surface area contributed by atoms with Gasteiger partial charge in [0.15, 0.2) is 0 Å². The number of rotatable bonds is 5. The van der Waals surface area contributed by atoms with Gasteiger partial charge in [-0.2, -0.15) is 5.10 Å². The molecule has 6 nitrogen and oxygen atoms in total. The van der Waals surface area contributed by atoms with Crippen LogP contribution >= 0.6 is 0 Å². The van der Waals surface area contributed by atoms with E-state index in [-0.39, 0.29) is 0 Å². The van der Waals surface area contributed by atoms with E-state index < -0.39 is 6.10 Å². The zero-order chi connectivity index (χ0) is 13.1. The normalized spacial score (nSPS) is 12.9. The van der Waals surface area contributed by atoms with E-state index in [4.69, 9.17) is 0 Å². The van der Waals surface area contributed by atoms with Gasteiger partial charge in [-0.25, -0.2) is 4.68 Å². The second kappa shape index (κ2) is 5.30. The molecule has 2 rings (SSSR count). The van der Waals surface area contributed by atoms with Crippen molar-refractivity contribution >= 4 is 0 Å². The first-order valence-electron chi connectivity index (χ1n) is 6.26. The number of nitrogens with zero attached hydrogens (tertiary/aromatic N) is 5. The Balaban J connectivity index is 2.31. The van der Waals surface area contributed by atoms with Crippen LogP contribution < -0.4 is 0 Å². The van der Waals surface area contributed by atoms with E-state index in [0.29, 0.717) is 5.69 Å². The molecule has 0 amide bonds. The number of aliphatic hydroxyl groups is 1. The Bertz CT molecular complexity index is 516. The first-order valence-corrected chi connectivity index (χ1v) is 6.26. The summed E-state index contributed by atoms with van der Waals surface area (Å²) in [7, 11) is 1.84. The average Bonchev–Trinajstić information content (AvgIpc) is 2.95. The highest BCUT2D eigenvalue weighted by Gasteiger charge is 2.20. The Hall–Kier alpha value is -1.69. The van der Waals surface area contributed by atoms with E-state index in [2.05, 4.69) is 22.3 Å². The van der Waals surface area contributed by atoms with Crippen LogP contribution in [0.2, 0.25) is 0 Å². The fourth-order valence-electron chi connectivity index (χ4n) is 1.99. The minimum atomic E-state index is -0.732. The van der Waals surface area contributed by atoms with Gasteiger partial charge >= 0.3 is 0 Å². The molecule has 0 saturated heterocycles. The molecule has 0 aliphatic carbocycles. The molecule has 0 bridgehead atoms. The molecule has 0 fully saturated rings. The summed E-state index contributed by atoms with van der Waals surface area (Å²) in [5.41, 5.74) is 2.45. The maximum absolute atomic E-state index is 10.4. The minimum absolute atomic E-state index is 0.711. The predicted molar refractivity (Wildman–Crippen MR) is 67.0 cm³/mol. The van der Waals surface area contributed by atoms with Crippen molar-refractivity contribution in [2.24, 2.45) is 7.05 Å². The number of aliphatic hydroxyl groups excluding tert-OH is 1. The van der Waals surface area contributed by atoms with Crippen molar-refractivity contribution in [2.75, 3.05) is 0 Å². The molecule has 1 unspecified atom stereocenters. The number of aromatic nitrogens is 5. The molecule has 0 aliphatic heterocycles. The van der Waals surface area contributed by atoms with E-state index in [9.17, 15) is 5.11 Å². The summed E-state index contributed by atoms with van der Waals surface area (Å²) in [6, 6.07) is 1.92. The van der Waals surface area contributed by atoms with Crippen LogP contribution in [0.15, 0.2) is 12.3 Å². The van der Waals surface area contributed by atoms with Crippen molar-refractivity contribution in [3.8, 4) is 0 Å². The summed E-state index contributed by atoms with van der Waals surface area (Å²) in [6.07, 6.45) is 2.69. The topological polar surface area (TPSA) is 68.8 Å².